The number of pyridine rings is 1. The molecule has 4 aromatic rings. The van der Waals surface area contributed by atoms with Crippen LogP contribution in [0.3, 0.4) is 0 Å². The number of benzene rings is 2. The number of carbonyl (C=O) groups is 1. The minimum absolute atomic E-state index is 0.0292. The monoisotopic (exact) mass is 531 g/mol. The summed E-state index contributed by atoms with van der Waals surface area (Å²) in [5.74, 6) is 0.536. The molecular weight excluding hydrogens is 501 g/mol. The van der Waals surface area contributed by atoms with E-state index in [2.05, 4.69) is 17.1 Å². The summed E-state index contributed by atoms with van der Waals surface area (Å²) in [6, 6.07) is 6.41. The summed E-state index contributed by atoms with van der Waals surface area (Å²) >= 11 is 1.48. The van der Waals surface area contributed by atoms with Gasteiger partial charge in [-0.2, -0.15) is 0 Å². The minimum Gasteiger partial charge on any atom is -0.508 e. The predicted molar refractivity (Wildman–Crippen MR) is 149 cm³/mol. The molecule has 3 aliphatic rings. The summed E-state index contributed by atoms with van der Waals surface area (Å²) in [6.45, 7) is 5.52. The third kappa shape index (κ3) is 4.22. The van der Waals surface area contributed by atoms with Crippen molar-refractivity contribution in [3.63, 3.8) is 0 Å². The third-order valence-corrected chi connectivity index (χ3v) is 8.34. The van der Waals surface area contributed by atoms with Crippen molar-refractivity contribution in [3.8, 4) is 17.0 Å². The number of hydrogen-bond acceptors (Lipinski definition) is 7. The molecule has 7 nitrogen and oxygen atoms in total. The first-order valence-electron chi connectivity index (χ1n) is 13.0. The maximum atomic E-state index is 15.3. The lowest BCUT2D eigenvalue weighted by Gasteiger charge is -2.42. The van der Waals surface area contributed by atoms with Gasteiger partial charge < -0.3 is 15.3 Å². The molecule has 1 saturated heterocycles. The van der Waals surface area contributed by atoms with Crippen molar-refractivity contribution in [1.29, 1.82) is 0 Å². The SMILES string of the molecule is CSc1nc2c3cnc(c(C)c3n1)-c1cc(O)cc3ccc(F)c(c13)CCCC(=O)N[C@]1(C)CCCN2C1. The maximum absolute atomic E-state index is 15.3. The molecule has 2 N–H and O–H groups in total. The molecule has 0 unspecified atom stereocenters. The van der Waals surface area contributed by atoms with E-state index < -0.39 is 5.54 Å². The Morgan fingerprint density at radius 1 is 1.18 bits per heavy atom. The highest BCUT2D eigenvalue weighted by atomic mass is 32.2. The van der Waals surface area contributed by atoms with E-state index in [1.807, 2.05) is 13.2 Å². The van der Waals surface area contributed by atoms with Crippen LogP contribution in [-0.4, -0.2) is 50.8 Å². The van der Waals surface area contributed by atoms with Gasteiger partial charge in [-0.05, 0) is 80.3 Å². The van der Waals surface area contributed by atoms with Gasteiger partial charge in [0.25, 0.3) is 0 Å². The standard InChI is InChI=1S/C29H30FN5O2S/c1-16-25-20-13-18(36)12-17-8-9-22(30)19(24(17)20)6-4-7-23(37)34-29(2)10-5-11-35(15-29)27-21(14-31-25)26(16)32-28(33-27)38-3/h8-9,12-14,36H,4-7,10-11,15H2,1-3H3,(H,34,37)/t29-/m1/s1. The number of nitrogens with one attached hydrogen (secondary N) is 1. The van der Waals surface area contributed by atoms with Crippen molar-refractivity contribution in [3.05, 3.63) is 47.4 Å². The fourth-order valence-electron chi connectivity index (χ4n) is 6.06. The van der Waals surface area contributed by atoms with Crippen molar-refractivity contribution in [2.24, 2.45) is 0 Å². The number of fused-ring (bicyclic) bond motifs is 5. The van der Waals surface area contributed by atoms with Gasteiger partial charge in [-0.25, -0.2) is 14.4 Å². The Bertz CT molecular complexity index is 1610. The number of anilines is 1. The first-order chi connectivity index (χ1) is 18.3. The number of halogens is 1. The minimum atomic E-state index is -0.402. The van der Waals surface area contributed by atoms with Gasteiger partial charge in [0, 0.05) is 36.8 Å². The molecule has 196 valence electrons. The molecule has 0 radical (unpaired) electrons. The second-order valence-electron chi connectivity index (χ2n) is 10.6. The quantitative estimate of drug-likeness (QED) is 0.246. The molecule has 2 aromatic carbocycles. The van der Waals surface area contributed by atoms with E-state index in [-0.39, 0.29) is 17.5 Å². The van der Waals surface area contributed by atoms with Crippen molar-refractivity contribution in [2.45, 2.75) is 56.6 Å². The lowest BCUT2D eigenvalue weighted by Crippen LogP contribution is -2.57. The molecule has 3 aliphatic heterocycles. The normalized spacial score (nSPS) is 19.9. The number of aryl methyl sites for hydroxylation is 2. The fraction of sp³-hybridized carbons (Fsp3) is 0.379. The summed E-state index contributed by atoms with van der Waals surface area (Å²) < 4.78 is 15.3. The Balaban J connectivity index is 1.67. The van der Waals surface area contributed by atoms with E-state index in [1.165, 1.54) is 17.8 Å². The van der Waals surface area contributed by atoms with Crippen molar-refractivity contribution >= 4 is 45.2 Å². The Labute approximate surface area is 224 Å². The second-order valence-corrected chi connectivity index (χ2v) is 11.4. The van der Waals surface area contributed by atoms with Crippen LogP contribution in [0.5, 0.6) is 5.75 Å². The van der Waals surface area contributed by atoms with Crippen LogP contribution in [0.15, 0.2) is 35.6 Å². The van der Waals surface area contributed by atoms with Gasteiger partial charge in [0.15, 0.2) is 5.16 Å². The van der Waals surface area contributed by atoms with Crippen LogP contribution in [0, 0.1) is 12.7 Å². The number of phenolic OH excluding ortho intramolecular Hbond substituents is 1. The van der Waals surface area contributed by atoms with Crippen molar-refractivity contribution in [1.82, 2.24) is 20.3 Å². The molecule has 7 rings (SSSR count). The van der Waals surface area contributed by atoms with E-state index in [4.69, 9.17) is 15.0 Å². The lowest BCUT2D eigenvalue weighted by molar-refractivity contribution is -0.123. The number of aromatic nitrogens is 3. The summed E-state index contributed by atoms with van der Waals surface area (Å²) in [5.41, 5.74) is 3.06. The zero-order chi connectivity index (χ0) is 26.6. The summed E-state index contributed by atoms with van der Waals surface area (Å²) in [4.78, 5) is 29.9. The molecule has 1 fully saturated rings. The number of piperidine rings is 1. The van der Waals surface area contributed by atoms with Crippen LogP contribution in [0.25, 0.3) is 32.9 Å². The molecule has 2 aromatic heterocycles. The highest BCUT2D eigenvalue weighted by molar-refractivity contribution is 7.98. The Morgan fingerprint density at radius 2 is 2.03 bits per heavy atom. The van der Waals surface area contributed by atoms with Crippen LogP contribution in [-0.2, 0) is 11.2 Å². The fourth-order valence-corrected chi connectivity index (χ4v) is 6.42. The first-order valence-corrected chi connectivity index (χ1v) is 14.2. The maximum Gasteiger partial charge on any atom is 0.220 e. The molecule has 6 bridgehead atoms. The van der Waals surface area contributed by atoms with Gasteiger partial charge >= 0.3 is 0 Å². The van der Waals surface area contributed by atoms with E-state index >= 15 is 4.39 Å². The molecular formula is C29H30FN5O2S. The van der Waals surface area contributed by atoms with Crippen LogP contribution < -0.4 is 10.2 Å². The summed E-state index contributed by atoms with van der Waals surface area (Å²) in [5, 5.41) is 16.8. The zero-order valence-electron chi connectivity index (χ0n) is 21.8. The van der Waals surface area contributed by atoms with E-state index in [1.54, 1.807) is 24.4 Å². The predicted octanol–water partition coefficient (Wildman–Crippen LogP) is 5.53. The van der Waals surface area contributed by atoms with Crippen molar-refractivity contribution in [2.75, 3.05) is 24.2 Å². The van der Waals surface area contributed by atoms with Crippen LogP contribution in [0.4, 0.5) is 10.2 Å². The second kappa shape index (κ2) is 9.38. The lowest BCUT2D eigenvalue weighted by atomic mass is 9.89. The Kier molecular flexibility index (Phi) is 6.13. The molecule has 1 atom stereocenters. The zero-order valence-corrected chi connectivity index (χ0v) is 22.6. The van der Waals surface area contributed by atoms with Gasteiger partial charge in [-0.3, -0.25) is 9.78 Å². The molecule has 0 aliphatic carbocycles. The third-order valence-electron chi connectivity index (χ3n) is 7.80. The van der Waals surface area contributed by atoms with E-state index in [0.29, 0.717) is 53.2 Å². The first kappa shape index (κ1) is 24.9. The number of carbonyl (C=O) groups excluding carboxylic acids is 1. The smallest absolute Gasteiger partial charge is 0.220 e. The molecule has 9 heteroatoms. The van der Waals surface area contributed by atoms with Crippen LogP contribution in [0.2, 0.25) is 0 Å². The van der Waals surface area contributed by atoms with E-state index in [9.17, 15) is 9.90 Å². The average Bonchev–Trinajstić information content (AvgIpc) is 2.88. The van der Waals surface area contributed by atoms with Gasteiger partial charge in [-0.1, -0.05) is 17.8 Å². The molecule has 0 spiro atoms. The van der Waals surface area contributed by atoms with Crippen LogP contribution >= 0.6 is 11.8 Å². The topological polar surface area (TPSA) is 91.2 Å². The number of amides is 1. The van der Waals surface area contributed by atoms with Gasteiger partial charge in [0.05, 0.1) is 22.1 Å². The van der Waals surface area contributed by atoms with E-state index in [0.717, 1.165) is 47.1 Å². The number of rotatable bonds is 1. The van der Waals surface area contributed by atoms with Gasteiger partial charge in [-0.15, -0.1) is 0 Å². The molecule has 0 saturated carbocycles. The van der Waals surface area contributed by atoms with Gasteiger partial charge in [0.1, 0.15) is 17.4 Å². The van der Waals surface area contributed by atoms with Crippen molar-refractivity contribution < 1.29 is 14.3 Å². The number of aromatic hydroxyl groups is 1. The number of phenols is 1. The summed E-state index contributed by atoms with van der Waals surface area (Å²) in [7, 11) is 0. The molecule has 5 heterocycles. The number of nitrogens with zero attached hydrogens (tertiary/aromatic N) is 4. The largest absolute Gasteiger partial charge is 0.508 e. The summed E-state index contributed by atoms with van der Waals surface area (Å²) in [6.07, 6.45) is 6.74. The number of thioether (sulfide) groups is 1. The number of hydrogen-bond donors (Lipinski definition) is 2. The molecule has 1 amide bonds. The Hall–Kier alpha value is -3.46. The van der Waals surface area contributed by atoms with Gasteiger partial charge in [0.2, 0.25) is 5.91 Å². The molecule has 38 heavy (non-hydrogen) atoms. The highest BCUT2D eigenvalue weighted by Gasteiger charge is 2.34. The van der Waals surface area contributed by atoms with Crippen LogP contribution in [0.1, 0.15) is 43.7 Å². The average molecular weight is 532 g/mol. The Morgan fingerprint density at radius 3 is 2.84 bits per heavy atom. The highest BCUT2D eigenvalue weighted by Crippen LogP contribution is 2.40.